The molecule has 1 aliphatic rings. The number of para-hydroxylation sites is 2. The lowest BCUT2D eigenvalue weighted by molar-refractivity contribution is -0.119. The zero-order valence-corrected chi connectivity index (χ0v) is 21.3. The molecule has 0 saturated carbocycles. The number of hydrogen-bond donors (Lipinski definition) is 1. The van der Waals surface area contributed by atoms with Crippen LogP contribution in [-0.2, 0) is 17.8 Å². The summed E-state index contributed by atoms with van der Waals surface area (Å²) >= 11 is 1.35. The normalized spacial score (nSPS) is 15.6. The number of benzene rings is 2. The topological polar surface area (TPSA) is 78.3 Å². The molecule has 2 unspecified atom stereocenters. The third-order valence-corrected chi connectivity index (χ3v) is 6.65. The van der Waals surface area contributed by atoms with E-state index in [1.165, 1.54) is 17.3 Å². The van der Waals surface area contributed by atoms with Crippen molar-refractivity contribution >= 4 is 17.7 Å². The van der Waals surface area contributed by atoms with Gasteiger partial charge in [0.05, 0.1) is 11.8 Å². The van der Waals surface area contributed by atoms with Gasteiger partial charge in [0.25, 0.3) is 0 Å². The molecule has 2 heterocycles. The second kappa shape index (κ2) is 11.4. The van der Waals surface area contributed by atoms with Crippen LogP contribution in [0.3, 0.4) is 0 Å². The zero-order valence-electron chi connectivity index (χ0n) is 20.4. The fraction of sp³-hybridized carbons (Fsp3) is 0.370. The molecule has 1 amide bonds. The lowest BCUT2D eigenvalue weighted by Gasteiger charge is -2.26. The molecule has 0 aliphatic carbocycles. The molecule has 1 aliphatic heterocycles. The number of nitrogens with zero attached hydrogens (tertiary/aromatic N) is 3. The first-order chi connectivity index (χ1) is 16.9. The molecule has 2 atom stereocenters. The minimum absolute atomic E-state index is 0.0605. The van der Waals surface area contributed by atoms with Gasteiger partial charge < -0.3 is 14.8 Å². The van der Waals surface area contributed by atoms with E-state index in [0.717, 1.165) is 12.0 Å². The van der Waals surface area contributed by atoms with E-state index in [1.807, 2.05) is 35.8 Å². The van der Waals surface area contributed by atoms with E-state index in [9.17, 15) is 4.79 Å². The molecular weight excluding hydrogens is 460 g/mol. The number of allylic oxidation sites excluding steroid dienone is 1. The Morgan fingerprint density at radius 3 is 2.63 bits per heavy atom. The zero-order chi connectivity index (χ0) is 24.8. The van der Waals surface area contributed by atoms with Crippen molar-refractivity contribution in [3.63, 3.8) is 0 Å². The highest BCUT2D eigenvalue weighted by Crippen LogP contribution is 2.36. The van der Waals surface area contributed by atoms with Gasteiger partial charge in [-0.2, -0.15) is 0 Å². The number of carbonyl (C=O) groups excluding carboxylic acids is 1. The minimum Gasteiger partial charge on any atom is -0.485 e. The van der Waals surface area contributed by atoms with E-state index < -0.39 is 0 Å². The van der Waals surface area contributed by atoms with Gasteiger partial charge in [0.1, 0.15) is 6.61 Å². The molecule has 0 spiro atoms. The average molecular weight is 493 g/mol. The molecule has 8 heteroatoms. The first kappa shape index (κ1) is 24.9. The highest BCUT2D eigenvalue weighted by Gasteiger charge is 2.28. The molecule has 0 radical (unpaired) electrons. The Bertz CT molecular complexity index is 1160. The maximum absolute atomic E-state index is 12.7. The molecule has 0 saturated heterocycles. The molecule has 3 aromatic rings. The highest BCUT2D eigenvalue weighted by atomic mass is 32.2. The maximum Gasteiger partial charge on any atom is 0.230 e. The molecule has 0 bridgehead atoms. The Kier molecular flexibility index (Phi) is 8.13. The Labute approximate surface area is 210 Å². The summed E-state index contributed by atoms with van der Waals surface area (Å²) in [5.41, 5.74) is 2.40. The first-order valence-corrected chi connectivity index (χ1v) is 12.9. The van der Waals surface area contributed by atoms with E-state index in [-0.39, 0.29) is 23.8 Å². The van der Waals surface area contributed by atoms with Crippen molar-refractivity contribution in [2.24, 2.45) is 5.92 Å². The predicted molar refractivity (Wildman–Crippen MR) is 138 cm³/mol. The minimum atomic E-state index is -0.390. The Morgan fingerprint density at radius 1 is 1.17 bits per heavy atom. The Hall–Kier alpha value is -3.26. The summed E-state index contributed by atoms with van der Waals surface area (Å²) in [6.07, 6.45) is 2.44. The van der Waals surface area contributed by atoms with Crippen molar-refractivity contribution in [1.82, 2.24) is 20.1 Å². The summed E-state index contributed by atoms with van der Waals surface area (Å²) in [6, 6.07) is 15.9. The van der Waals surface area contributed by atoms with Crippen LogP contribution in [0, 0.1) is 5.92 Å². The average Bonchev–Trinajstić information content (AvgIpc) is 3.25. The lowest BCUT2D eigenvalue weighted by Crippen LogP contribution is -2.28. The van der Waals surface area contributed by atoms with Crippen LogP contribution < -0.4 is 14.8 Å². The second-order valence-electron chi connectivity index (χ2n) is 9.02. The Morgan fingerprint density at radius 2 is 1.91 bits per heavy atom. The molecular formula is C27H32N4O3S. The van der Waals surface area contributed by atoms with Crippen LogP contribution >= 0.6 is 11.8 Å². The van der Waals surface area contributed by atoms with Crippen molar-refractivity contribution in [3.8, 4) is 11.5 Å². The number of ether oxygens (including phenoxy) is 2. The SMILES string of the molecule is C=CCn1c(SCC(=O)NC(C)c2ccc(CC(C)C)cc2)nnc1C1COc2ccccc2O1. The van der Waals surface area contributed by atoms with E-state index >= 15 is 0 Å². The van der Waals surface area contributed by atoms with Crippen LogP contribution in [0.15, 0.2) is 66.3 Å². The van der Waals surface area contributed by atoms with Crippen LogP contribution in [0.1, 0.15) is 49.9 Å². The molecule has 184 valence electrons. The summed E-state index contributed by atoms with van der Waals surface area (Å²) in [6.45, 7) is 11.1. The number of rotatable bonds is 10. The van der Waals surface area contributed by atoms with Gasteiger partial charge in [0.2, 0.25) is 5.91 Å². The van der Waals surface area contributed by atoms with Crippen molar-refractivity contribution < 1.29 is 14.3 Å². The molecule has 1 aromatic heterocycles. The van der Waals surface area contributed by atoms with Crippen molar-refractivity contribution in [1.29, 1.82) is 0 Å². The fourth-order valence-corrected chi connectivity index (χ4v) is 4.77. The van der Waals surface area contributed by atoms with E-state index in [4.69, 9.17) is 9.47 Å². The summed E-state index contributed by atoms with van der Waals surface area (Å²) in [7, 11) is 0. The largest absolute Gasteiger partial charge is 0.485 e. The maximum atomic E-state index is 12.7. The Balaban J connectivity index is 1.36. The fourth-order valence-electron chi connectivity index (χ4n) is 4.00. The number of aromatic nitrogens is 3. The summed E-state index contributed by atoms with van der Waals surface area (Å²) in [4.78, 5) is 12.7. The number of fused-ring (bicyclic) bond motifs is 1. The first-order valence-electron chi connectivity index (χ1n) is 11.9. The quantitative estimate of drug-likeness (QED) is 0.312. The van der Waals surface area contributed by atoms with Crippen LogP contribution in [0.25, 0.3) is 0 Å². The van der Waals surface area contributed by atoms with Gasteiger partial charge in [-0.05, 0) is 42.5 Å². The number of nitrogens with one attached hydrogen (secondary N) is 1. The monoisotopic (exact) mass is 492 g/mol. The number of thioether (sulfide) groups is 1. The standard InChI is InChI=1S/C27H32N4O3S/c1-5-14-31-26(24-16-33-22-8-6-7-9-23(22)34-24)29-30-27(31)35-17-25(32)28-19(4)21-12-10-20(11-13-21)15-18(2)3/h5-13,18-19,24H,1,14-17H2,2-4H3,(H,28,32). The van der Waals surface area contributed by atoms with Gasteiger partial charge in [-0.25, -0.2) is 0 Å². The van der Waals surface area contributed by atoms with Gasteiger partial charge in [0.15, 0.2) is 28.6 Å². The summed E-state index contributed by atoms with van der Waals surface area (Å²) in [5, 5.41) is 12.4. The number of hydrogen-bond acceptors (Lipinski definition) is 6. The van der Waals surface area contributed by atoms with E-state index in [2.05, 4.69) is 60.2 Å². The van der Waals surface area contributed by atoms with E-state index in [0.29, 0.717) is 41.5 Å². The van der Waals surface area contributed by atoms with Gasteiger partial charge in [0, 0.05) is 6.54 Å². The third kappa shape index (κ3) is 6.25. The van der Waals surface area contributed by atoms with Crippen LogP contribution in [-0.4, -0.2) is 33.0 Å². The second-order valence-corrected chi connectivity index (χ2v) is 9.96. The molecule has 2 aromatic carbocycles. The van der Waals surface area contributed by atoms with Crippen molar-refractivity contribution in [2.45, 2.75) is 51.0 Å². The van der Waals surface area contributed by atoms with Crippen LogP contribution in [0.4, 0.5) is 0 Å². The molecule has 1 N–H and O–H groups in total. The van der Waals surface area contributed by atoms with Gasteiger partial charge in [-0.15, -0.1) is 16.8 Å². The van der Waals surface area contributed by atoms with Crippen LogP contribution in [0.2, 0.25) is 0 Å². The summed E-state index contributed by atoms with van der Waals surface area (Å²) in [5.74, 6) is 2.83. The van der Waals surface area contributed by atoms with E-state index in [1.54, 1.807) is 6.08 Å². The van der Waals surface area contributed by atoms with Crippen LogP contribution in [0.5, 0.6) is 11.5 Å². The molecule has 7 nitrogen and oxygen atoms in total. The molecule has 0 fully saturated rings. The number of carbonyl (C=O) groups is 1. The van der Waals surface area contributed by atoms with Crippen molar-refractivity contribution in [2.75, 3.05) is 12.4 Å². The lowest BCUT2D eigenvalue weighted by atomic mass is 10.00. The highest BCUT2D eigenvalue weighted by molar-refractivity contribution is 7.99. The van der Waals surface area contributed by atoms with Gasteiger partial charge in [-0.3, -0.25) is 9.36 Å². The van der Waals surface area contributed by atoms with Crippen molar-refractivity contribution in [3.05, 3.63) is 78.1 Å². The molecule has 4 rings (SSSR count). The third-order valence-electron chi connectivity index (χ3n) is 5.69. The number of amides is 1. The summed E-state index contributed by atoms with van der Waals surface area (Å²) < 4.78 is 13.9. The smallest absolute Gasteiger partial charge is 0.230 e. The van der Waals surface area contributed by atoms with Gasteiger partial charge in [-0.1, -0.05) is 68.1 Å². The predicted octanol–water partition coefficient (Wildman–Crippen LogP) is 5.14. The van der Waals surface area contributed by atoms with Gasteiger partial charge >= 0.3 is 0 Å². The molecule has 35 heavy (non-hydrogen) atoms.